The van der Waals surface area contributed by atoms with Crippen molar-refractivity contribution in [2.24, 2.45) is 5.73 Å². The van der Waals surface area contributed by atoms with Crippen LogP contribution < -0.4 is 11.1 Å². The fourth-order valence-electron chi connectivity index (χ4n) is 1.62. The molecule has 0 aliphatic rings. The number of benzene rings is 1. The van der Waals surface area contributed by atoms with Gasteiger partial charge in [0.2, 0.25) is 5.91 Å². The maximum Gasteiger partial charge on any atom is 0.239 e. The van der Waals surface area contributed by atoms with Crippen LogP contribution in [0.3, 0.4) is 0 Å². The number of nitrogens with two attached hydrogens (primary N) is 1. The summed E-state index contributed by atoms with van der Waals surface area (Å²) in [6.07, 6.45) is 3.08. The molecule has 0 aliphatic heterocycles. The lowest BCUT2D eigenvalue weighted by molar-refractivity contribution is -0.118. The minimum Gasteiger partial charge on any atom is -0.378 e. The molecule has 0 bridgehead atoms. The average molecular weight is 266 g/mol. The van der Waals surface area contributed by atoms with Gasteiger partial charge in [-0.3, -0.25) is 9.48 Å². The number of amides is 1. The first kappa shape index (κ1) is 13.0. The average Bonchev–Trinajstić information content (AvgIpc) is 2.72. The summed E-state index contributed by atoms with van der Waals surface area (Å²) in [6.45, 7) is 0.229. The van der Waals surface area contributed by atoms with Crippen LogP contribution in [0.25, 0.3) is 0 Å². The molecule has 0 saturated carbocycles. The molecule has 2 rings (SSSR count). The van der Waals surface area contributed by atoms with E-state index in [4.69, 9.17) is 5.73 Å². The zero-order valence-electron chi connectivity index (χ0n) is 9.94. The molecule has 0 radical (unpaired) electrons. The summed E-state index contributed by atoms with van der Waals surface area (Å²) >= 11 is 0. The highest BCUT2D eigenvalue weighted by Gasteiger charge is 2.03. The molecular formula is C12H12F2N4O. The first-order chi connectivity index (χ1) is 9.02. The lowest BCUT2D eigenvalue weighted by Gasteiger charge is -2.04. The number of nitrogens with zero attached hydrogens (tertiary/aromatic N) is 2. The van der Waals surface area contributed by atoms with Crippen molar-refractivity contribution in [1.29, 1.82) is 0 Å². The molecule has 1 aromatic heterocycles. The van der Waals surface area contributed by atoms with E-state index < -0.39 is 17.5 Å². The second kappa shape index (κ2) is 5.47. The van der Waals surface area contributed by atoms with E-state index in [2.05, 4.69) is 10.4 Å². The molecule has 1 amide bonds. The standard InChI is InChI=1S/C12H12F2N4O/c13-9-1-8(2-10(14)3-9)4-16-11-5-17-18(6-11)7-12(15)19/h1-3,5-6,16H,4,7H2,(H2,15,19). The second-order valence-electron chi connectivity index (χ2n) is 4.02. The Morgan fingerprint density at radius 1 is 1.32 bits per heavy atom. The summed E-state index contributed by atoms with van der Waals surface area (Å²) in [4.78, 5) is 10.7. The van der Waals surface area contributed by atoms with Crippen LogP contribution in [0, 0.1) is 11.6 Å². The van der Waals surface area contributed by atoms with Gasteiger partial charge in [0.25, 0.3) is 0 Å². The van der Waals surface area contributed by atoms with Crippen LogP contribution in [0.5, 0.6) is 0 Å². The van der Waals surface area contributed by atoms with Gasteiger partial charge in [0.05, 0.1) is 11.9 Å². The number of hydrogen-bond donors (Lipinski definition) is 2. The van der Waals surface area contributed by atoms with Gasteiger partial charge in [-0.05, 0) is 17.7 Å². The number of anilines is 1. The van der Waals surface area contributed by atoms with Gasteiger partial charge in [0.15, 0.2) is 0 Å². The Bertz CT molecular complexity index is 577. The van der Waals surface area contributed by atoms with Crippen molar-refractivity contribution in [3.05, 3.63) is 47.8 Å². The van der Waals surface area contributed by atoms with Crippen LogP contribution in [-0.2, 0) is 17.9 Å². The Labute approximate surface area is 108 Å². The van der Waals surface area contributed by atoms with E-state index in [1.165, 1.54) is 23.0 Å². The highest BCUT2D eigenvalue weighted by molar-refractivity contribution is 5.73. The van der Waals surface area contributed by atoms with E-state index in [0.29, 0.717) is 11.3 Å². The lowest BCUT2D eigenvalue weighted by Crippen LogP contribution is -2.18. The third-order valence-corrected chi connectivity index (χ3v) is 2.37. The topological polar surface area (TPSA) is 72.9 Å². The smallest absolute Gasteiger partial charge is 0.239 e. The summed E-state index contributed by atoms with van der Waals surface area (Å²) in [5, 5.41) is 6.85. The van der Waals surface area contributed by atoms with Crippen LogP contribution in [0.2, 0.25) is 0 Å². The Kier molecular flexibility index (Phi) is 3.74. The quantitative estimate of drug-likeness (QED) is 0.855. The molecule has 19 heavy (non-hydrogen) atoms. The van der Waals surface area contributed by atoms with Gasteiger partial charge in [-0.2, -0.15) is 5.10 Å². The van der Waals surface area contributed by atoms with Crippen molar-refractivity contribution in [3.63, 3.8) is 0 Å². The normalized spacial score (nSPS) is 10.4. The van der Waals surface area contributed by atoms with Gasteiger partial charge in [-0.25, -0.2) is 8.78 Å². The number of rotatable bonds is 5. The zero-order chi connectivity index (χ0) is 13.8. The molecule has 0 atom stereocenters. The van der Waals surface area contributed by atoms with E-state index in [-0.39, 0.29) is 13.1 Å². The molecule has 7 heteroatoms. The Balaban J connectivity index is 1.98. The highest BCUT2D eigenvalue weighted by Crippen LogP contribution is 2.11. The lowest BCUT2D eigenvalue weighted by atomic mass is 10.2. The summed E-state index contributed by atoms with van der Waals surface area (Å²) in [5.41, 5.74) is 6.13. The monoisotopic (exact) mass is 266 g/mol. The number of hydrogen-bond acceptors (Lipinski definition) is 3. The van der Waals surface area contributed by atoms with E-state index in [1.54, 1.807) is 6.20 Å². The molecule has 0 unspecified atom stereocenters. The van der Waals surface area contributed by atoms with Gasteiger partial charge < -0.3 is 11.1 Å². The minimum absolute atomic E-state index is 0.0176. The molecule has 0 spiro atoms. The molecule has 0 aliphatic carbocycles. The Morgan fingerprint density at radius 3 is 2.63 bits per heavy atom. The van der Waals surface area contributed by atoms with Crippen LogP contribution in [-0.4, -0.2) is 15.7 Å². The predicted molar refractivity (Wildman–Crippen MR) is 65.1 cm³/mol. The number of nitrogens with one attached hydrogen (secondary N) is 1. The molecule has 0 fully saturated rings. The Hall–Kier alpha value is -2.44. The zero-order valence-corrected chi connectivity index (χ0v) is 9.94. The molecule has 0 saturated heterocycles. The summed E-state index contributed by atoms with van der Waals surface area (Å²) < 4.78 is 27.3. The molecule has 100 valence electrons. The van der Waals surface area contributed by atoms with Gasteiger partial charge in [-0.1, -0.05) is 0 Å². The van der Waals surface area contributed by atoms with Gasteiger partial charge in [0.1, 0.15) is 18.2 Å². The van der Waals surface area contributed by atoms with E-state index >= 15 is 0 Å². The summed E-state index contributed by atoms with van der Waals surface area (Å²) in [6, 6.07) is 3.29. The third-order valence-electron chi connectivity index (χ3n) is 2.37. The van der Waals surface area contributed by atoms with Gasteiger partial charge in [-0.15, -0.1) is 0 Å². The van der Waals surface area contributed by atoms with Crippen LogP contribution >= 0.6 is 0 Å². The maximum atomic E-state index is 13.0. The molecular weight excluding hydrogens is 254 g/mol. The first-order valence-electron chi connectivity index (χ1n) is 5.52. The van der Waals surface area contributed by atoms with Crippen molar-refractivity contribution < 1.29 is 13.6 Å². The summed E-state index contributed by atoms with van der Waals surface area (Å²) in [7, 11) is 0. The highest BCUT2D eigenvalue weighted by atomic mass is 19.1. The fraction of sp³-hybridized carbons (Fsp3) is 0.167. The molecule has 5 nitrogen and oxygen atoms in total. The van der Waals surface area contributed by atoms with E-state index in [0.717, 1.165) is 6.07 Å². The van der Waals surface area contributed by atoms with E-state index in [9.17, 15) is 13.6 Å². The fourth-order valence-corrected chi connectivity index (χ4v) is 1.62. The minimum atomic E-state index is -0.624. The predicted octanol–water partition coefficient (Wildman–Crippen LogP) is 1.26. The number of aromatic nitrogens is 2. The Morgan fingerprint density at radius 2 is 2.00 bits per heavy atom. The maximum absolute atomic E-state index is 13.0. The van der Waals surface area contributed by atoms with Crippen LogP contribution in [0.1, 0.15) is 5.56 Å². The van der Waals surface area contributed by atoms with Gasteiger partial charge >= 0.3 is 0 Å². The molecule has 1 heterocycles. The third kappa shape index (κ3) is 3.77. The van der Waals surface area contributed by atoms with Crippen molar-refractivity contribution in [2.45, 2.75) is 13.1 Å². The van der Waals surface area contributed by atoms with Gasteiger partial charge in [0, 0.05) is 18.8 Å². The van der Waals surface area contributed by atoms with Crippen LogP contribution in [0.15, 0.2) is 30.6 Å². The largest absolute Gasteiger partial charge is 0.378 e. The number of carbonyl (C=O) groups is 1. The van der Waals surface area contributed by atoms with Crippen molar-refractivity contribution in [1.82, 2.24) is 9.78 Å². The number of halogens is 2. The summed E-state index contributed by atoms with van der Waals surface area (Å²) in [5.74, 6) is -1.75. The molecule has 1 aromatic carbocycles. The van der Waals surface area contributed by atoms with Crippen molar-refractivity contribution in [3.8, 4) is 0 Å². The molecule has 3 N–H and O–H groups in total. The SMILES string of the molecule is NC(=O)Cn1cc(NCc2cc(F)cc(F)c2)cn1. The molecule has 2 aromatic rings. The van der Waals surface area contributed by atoms with Crippen molar-refractivity contribution >= 4 is 11.6 Å². The first-order valence-corrected chi connectivity index (χ1v) is 5.52. The second-order valence-corrected chi connectivity index (χ2v) is 4.02. The van der Waals surface area contributed by atoms with Crippen LogP contribution in [0.4, 0.5) is 14.5 Å². The number of primary amides is 1. The number of carbonyl (C=O) groups excluding carboxylic acids is 1. The van der Waals surface area contributed by atoms with E-state index in [1.807, 2.05) is 0 Å². The van der Waals surface area contributed by atoms with Crippen molar-refractivity contribution in [2.75, 3.05) is 5.32 Å².